The van der Waals surface area contributed by atoms with Crippen molar-refractivity contribution in [3.05, 3.63) is 59.8 Å². The van der Waals surface area contributed by atoms with E-state index in [1.165, 1.54) is 24.0 Å². The zero-order chi connectivity index (χ0) is 20.8. The Morgan fingerprint density at radius 1 is 1.07 bits per heavy atom. The summed E-state index contributed by atoms with van der Waals surface area (Å²) in [5, 5.41) is 6.98. The molecule has 1 aliphatic carbocycles. The summed E-state index contributed by atoms with van der Waals surface area (Å²) in [5.41, 5.74) is 2.89. The Hall–Kier alpha value is -2.60. The van der Waals surface area contributed by atoms with Crippen LogP contribution in [0.2, 0.25) is 0 Å². The van der Waals surface area contributed by atoms with Gasteiger partial charge in [0.1, 0.15) is 5.82 Å². The molecule has 160 valence electrons. The lowest BCUT2D eigenvalue weighted by molar-refractivity contribution is 0.312. The summed E-state index contributed by atoms with van der Waals surface area (Å²) < 4.78 is 0. The second kappa shape index (κ2) is 9.47. The molecule has 0 spiro atoms. The molecule has 2 N–H and O–H groups in total. The molecule has 1 aliphatic heterocycles. The molecule has 0 radical (unpaired) electrons. The fourth-order valence-corrected chi connectivity index (χ4v) is 4.04. The zero-order valence-corrected chi connectivity index (χ0v) is 18.3. The normalized spacial score (nSPS) is 18.9. The predicted octanol–water partition coefficient (Wildman–Crippen LogP) is 2.62. The van der Waals surface area contributed by atoms with Gasteiger partial charge in [0.15, 0.2) is 5.96 Å². The molecule has 0 bridgehead atoms. The van der Waals surface area contributed by atoms with Crippen molar-refractivity contribution in [2.45, 2.75) is 31.7 Å². The summed E-state index contributed by atoms with van der Waals surface area (Å²) in [6.45, 7) is 8.77. The van der Waals surface area contributed by atoms with Crippen molar-refractivity contribution < 1.29 is 0 Å². The Kier molecular flexibility index (Phi) is 6.53. The van der Waals surface area contributed by atoms with E-state index >= 15 is 0 Å². The van der Waals surface area contributed by atoms with Crippen LogP contribution in [0.3, 0.4) is 0 Å². The van der Waals surface area contributed by atoms with Crippen LogP contribution in [0.15, 0.2) is 53.7 Å². The highest BCUT2D eigenvalue weighted by Crippen LogP contribution is 2.47. The van der Waals surface area contributed by atoms with Crippen LogP contribution in [-0.2, 0) is 12.0 Å². The zero-order valence-electron chi connectivity index (χ0n) is 18.3. The highest BCUT2D eigenvalue weighted by molar-refractivity contribution is 5.80. The molecule has 2 fully saturated rings. The van der Waals surface area contributed by atoms with E-state index in [9.17, 15) is 0 Å². The van der Waals surface area contributed by atoms with E-state index in [1.807, 2.05) is 6.20 Å². The Morgan fingerprint density at radius 3 is 2.53 bits per heavy atom. The number of nitrogens with one attached hydrogen (secondary N) is 2. The van der Waals surface area contributed by atoms with Crippen LogP contribution in [0.25, 0.3) is 0 Å². The number of anilines is 1. The molecule has 30 heavy (non-hydrogen) atoms. The molecule has 0 atom stereocenters. The van der Waals surface area contributed by atoms with E-state index in [1.54, 1.807) is 0 Å². The second-order valence-corrected chi connectivity index (χ2v) is 8.51. The number of guanidine groups is 1. The first kappa shape index (κ1) is 20.7. The number of piperazine rings is 1. The van der Waals surface area contributed by atoms with Gasteiger partial charge in [-0.05, 0) is 50.1 Å². The van der Waals surface area contributed by atoms with Gasteiger partial charge in [-0.3, -0.25) is 0 Å². The monoisotopic (exact) mass is 406 g/mol. The Bertz CT molecular complexity index is 838. The van der Waals surface area contributed by atoms with Crippen LogP contribution in [-0.4, -0.2) is 62.2 Å². The predicted molar refractivity (Wildman–Crippen MR) is 124 cm³/mol. The number of nitrogens with zero attached hydrogens (tertiary/aromatic N) is 4. The Balaban J connectivity index is 1.38. The van der Waals surface area contributed by atoms with Crippen LogP contribution in [0.1, 0.15) is 30.9 Å². The molecule has 2 heterocycles. The van der Waals surface area contributed by atoms with Gasteiger partial charge in [-0.2, -0.15) is 0 Å². The number of aromatic nitrogens is 1. The maximum Gasteiger partial charge on any atom is 0.191 e. The smallest absolute Gasteiger partial charge is 0.191 e. The number of rotatable bonds is 7. The van der Waals surface area contributed by atoms with E-state index in [0.717, 1.165) is 51.0 Å². The third-order valence-corrected chi connectivity index (χ3v) is 6.24. The molecule has 1 saturated heterocycles. The molecule has 6 nitrogen and oxygen atoms in total. The fraction of sp³-hybridized carbons (Fsp3) is 0.500. The SMILES string of the molecule is CCNC(=NCc1ccnc(N2CCN(C)CC2)c1)NCC1(c2ccccc2)CC1. The van der Waals surface area contributed by atoms with Gasteiger partial charge in [0.05, 0.1) is 6.54 Å². The Morgan fingerprint density at radius 2 is 1.83 bits per heavy atom. The highest BCUT2D eigenvalue weighted by Gasteiger charge is 2.43. The van der Waals surface area contributed by atoms with Gasteiger partial charge in [0.25, 0.3) is 0 Å². The van der Waals surface area contributed by atoms with Crippen molar-refractivity contribution in [3.63, 3.8) is 0 Å². The number of hydrogen-bond donors (Lipinski definition) is 2. The minimum Gasteiger partial charge on any atom is -0.357 e. The summed E-state index contributed by atoms with van der Waals surface area (Å²) in [7, 11) is 2.18. The molecule has 2 aliphatic rings. The van der Waals surface area contributed by atoms with Crippen LogP contribution >= 0.6 is 0 Å². The van der Waals surface area contributed by atoms with Gasteiger partial charge in [-0.1, -0.05) is 30.3 Å². The van der Waals surface area contributed by atoms with E-state index < -0.39 is 0 Å². The van der Waals surface area contributed by atoms with Gasteiger partial charge in [-0.15, -0.1) is 0 Å². The third kappa shape index (κ3) is 5.11. The molecule has 0 unspecified atom stereocenters. The average Bonchev–Trinajstić information content (AvgIpc) is 3.58. The highest BCUT2D eigenvalue weighted by atomic mass is 15.3. The minimum atomic E-state index is 0.267. The van der Waals surface area contributed by atoms with Crippen molar-refractivity contribution in [1.29, 1.82) is 0 Å². The standard InChI is InChI=1S/C24H34N6/c1-3-25-23(28-19-24(10-11-24)21-7-5-4-6-8-21)27-18-20-9-12-26-22(17-20)30-15-13-29(2)14-16-30/h4-9,12,17H,3,10-11,13-16,18-19H2,1-2H3,(H2,25,27,28). The molecular formula is C24H34N6. The van der Waals surface area contributed by atoms with Crippen molar-refractivity contribution in [1.82, 2.24) is 20.5 Å². The van der Waals surface area contributed by atoms with Crippen LogP contribution in [0.5, 0.6) is 0 Å². The molecule has 4 rings (SSSR count). The molecule has 6 heteroatoms. The fourth-order valence-electron chi connectivity index (χ4n) is 4.04. The van der Waals surface area contributed by atoms with E-state index in [0.29, 0.717) is 6.54 Å². The molecular weight excluding hydrogens is 372 g/mol. The number of likely N-dealkylation sites (N-methyl/N-ethyl adjacent to an activating group) is 1. The van der Waals surface area contributed by atoms with Crippen molar-refractivity contribution in [3.8, 4) is 0 Å². The Labute approximate surface area is 180 Å². The van der Waals surface area contributed by atoms with Gasteiger partial charge < -0.3 is 20.4 Å². The lowest BCUT2D eigenvalue weighted by Gasteiger charge is -2.33. The number of hydrogen-bond acceptors (Lipinski definition) is 4. The summed E-state index contributed by atoms with van der Waals surface area (Å²) >= 11 is 0. The first-order chi connectivity index (χ1) is 14.7. The molecule has 1 aromatic carbocycles. The van der Waals surface area contributed by atoms with E-state index in [-0.39, 0.29) is 5.41 Å². The quantitative estimate of drug-likeness (QED) is 0.547. The first-order valence-electron chi connectivity index (χ1n) is 11.1. The molecule has 1 saturated carbocycles. The largest absolute Gasteiger partial charge is 0.357 e. The summed E-state index contributed by atoms with van der Waals surface area (Å²) in [6, 6.07) is 15.1. The summed E-state index contributed by atoms with van der Waals surface area (Å²) in [6.07, 6.45) is 4.39. The van der Waals surface area contributed by atoms with Crippen LogP contribution in [0, 0.1) is 0 Å². The minimum absolute atomic E-state index is 0.267. The lowest BCUT2D eigenvalue weighted by Crippen LogP contribution is -2.44. The van der Waals surface area contributed by atoms with Gasteiger partial charge in [0, 0.05) is 50.9 Å². The lowest BCUT2D eigenvalue weighted by atomic mass is 9.96. The van der Waals surface area contributed by atoms with Gasteiger partial charge >= 0.3 is 0 Å². The van der Waals surface area contributed by atoms with E-state index in [2.05, 4.69) is 81.9 Å². The van der Waals surface area contributed by atoms with Crippen molar-refractivity contribution in [2.75, 3.05) is 51.2 Å². The number of aliphatic imine (C=N–C) groups is 1. The second-order valence-electron chi connectivity index (χ2n) is 8.51. The van der Waals surface area contributed by atoms with E-state index in [4.69, 9.17) is 4.99 Å². The number of benzene rings is 1. The summed E-state index contributed by atoms with van der Waals surface area (Å²) in [5.74, 6) is 1.95. The summed E-state index contributed by atoms with van der Waals surface area (Å²) in [4.78, 5) is 14.2. The molecule has 0 amide bonds. The molecule has 2 aromatic rings. The molecule has 1 aromatic heterocycles. The maximum atomic E-state index is 4.85. The van der Waals surface area contributed by atoms with Crippen LogP contribution in [0.4, 0.5) is 5.82 Å². The van der Waals surface area contributed by atoms with Gasteiger partial charge in [-0.25, -0.2) is 9.98 Å². The third-order valence-electron chi connectivity index (χ3n) is 6.24. The van der Waals surface area contributed by atoms with Crippen molar-refractivity contribution in [2.24, 2.45) is 4.99 Å². The first-order valence-corrected chi connectivity index (χ1v) is 11.1. The van der Waals surface area contributed by atoms with Crippen molar-refractivity contribution >= 4 is 11.8 Å². The number of pyridine rings is 1. The maximum absolute atomic E-state index is 4.85. The van der Waals surface area contributed by atoms with Gasteiger partial charge in [0.2, 0.25) is 0 Å². The average molecular weight is 407 g/mol. The van der Waals surface area contributed by atoms with Crippen LogP contribution < -0.4 is 15.5 Å². The topological polar surface area (TPSA) is 55.8 Å².